The van der Waals surface area contributed by atoms with Crippen LogP contribution in [0.3, 0.4) is 0 Å². The molecule has 0 aliphatic carbocycles. The third kappa shape index (κ3) is 4.75. The second-order valence-corrected chi connectivity index (χ2v) is 7.24. The summed E-state index contributed by atoms with van der Waals surface area (Å²) in [4.78, 5) is 14.6. The summed E-state index contributed by atoms with van der Waals surface area (Å²) in [5.74, 6) is 0.0823. The normalized spacial score (nSPS) is 10.5. The summed E-state index contributed by atoms with van der Waals surface area (Å²) in [6.07, 6.45) is 0.269. The van der Waals surface area contributed by atoms with Gasteiger partial charge in [0, 0.05) is 12.2 Å². The van der Waals surface area contributed by atoms with Gasteiger partial charge in [0.25, 0.3) is 0 Å². The molecule has 0 N–H and O–H groups in total. The first-order valence-electron chi connectivity index (χ1n) is 8.80. The number of amides is 1. The first kappa shape index (κ1) is 19.6. The van der Waals surface area contributed by atoms with E-state index in [-0.39, 0.29) is 18.1 Å². The number of nitriles is 1. The smallest absolute Gasteiger partial charge is 0.237 e. The average molecular weight is 392 g/mol. The van der Waals surface area contributed by atoms with Gasteiger partial charge in [0.1, 0.15) is 0 Å². The maximum absolute atomic E-state index is 12.9. The van der Waals surface area contributed by atoms with Crippen molar-refractivity contribution in [2.24, 2.45) is 0 Å². The van der Waals surface area contributed by atoms with Gasteiger partial charge in [-0.05, 0) is 59.7 Å². The molecule has 0 bridgehead atoms. The lowest BCUT2D eigenvalue weighted by atomic mass is 10.1. The van der Waals surface area contributed by atoms with Gasteiger partial charge < -0.3 is 4.90 Å². The van der Waals surface area contributed by atoms with Crippen molar-refractivity contribution in [3.8, 4) is 11.8 Å². The molecule has 1 amide bonds. The molecule has 0 aliphatic rings. The van der Waals surface area contributed by atoms with Crippen LogP contribution in [0.25, 0.3) is 5.69 Å². The van der Waals surface area contributed by atoms with Crippen LogP contribution in [0.1, 0.15) is 17.5 Å². The van der Waals surface area contributed by atoms with Crippen LogP contribution in [-0.2, 0) is 4.79 Å². The Kier molecular flexibility index (Phi) is 6.40. The van der Waals surface area contributed by atoms with Crippen molar-refractivity contribution in [3.63, 3.8) is 0 Å². The van der Waals surface area contributed by atoms with Crippen molar-refractivity contribution < 1.29 is 4.79 Å². The van der Waals surface area contributed by atoms with Gasteiger partial charge in [0.05, 0.1) is 23.9 Å². The molecule has 0 saturated carbocycles. The van der Waals surface area contributed by atoms with E-state index in [1.54, 1.807) is 9.58 Å². The van der Waals surface area contributed by atoms with E-state index in [4.69, 9.17) is 5.26 Å². The van der Waals surface area contributed by atoms with Gasteiger partial charge in [-0.2, -0.15) is 9.94 Å². The Bertz CT molecular complexity index is 975. The fraction of sp³-hybridized carbons (Fsp3) is 0.250. The Morgan fingerprint density at radius 1 is 1.18 bits per heavy atom. The molecule has 28 heavy (non-hydrogen) atoms. The molecule has 7 nitrogen and oxygen atoms in total. The van der Waals surface area contributed by atoms with Crippen molar-refractivity contribution in [2.75, 3.05) is 17.2 Å². The molecule has 8 heteroatoms. The number of thioether (sulfide) groups is 1. The number of carbonyl (C=O) groups is 1. The molecular formula is C20H20N6OS. The number of hydrogen-bond donors (Lipinski definition) is 0. The zero-order valence-electron chi connectivity index (χ0n) is 15.7. The second-order valence-electron chi connectivity index (χ2n) is 6.30. The lowest BCUT2D eigenvalue weighted by molar-refractivity contribution is -0.116. The zero-order chi connectivity index (χ0) is 19.9. The van der Waals surface area contributed by atoms with E-state index in [2.05, 4.69) is 27.7 Å². The minimum Gasteiger partial charge on any atom is -0.311 e. The number of hydrogen-bond acceptors (Lipinski definition) is 6. The first-order chi connectivity index (χ1) is 13.6. The molecule has 0 saturated heterocycles. The largest absolute Gasteiger partial charge is 0.311 e. The van der Waals surface area contributed by atoms with Crippen LogP contribution in [0.4, 0.5) is 5.69 Å². The van der Waals surface area contributed by atoms with E-state index in [0.717, 1.165) is 22.5 Å². The number of nitrogens with zero attached hydrogens (tertiary/aromatic N) is 6. The summed E-state index contributed by atoms with van der Waals surface area (Å²) in [5, 5.41) is 21.3. The van der Waals surface area contributed by atoms with E-state index >= 15 is 0 Å². The van der Waals surface area contributed by atoms with Crippen LogP contribution >= 0.6 is 11.8 Å². The molecule has 0 aliphatic heterocycles. The Labute approximate surface area is 168 Å². The zero-order valence-corrected chi connectivity index (χ0v) is 16.6. The Balaban J connectivity index is 1.76. The fourth-order valence-electron chi connectivity index (χ4n) is 2.87. The van der Waals surface area contributed by atoms with E-state index in [9.17, 15) is 4.79 Å². The third-order valence-electron chi connectivity index (χ3n) is 4.03. The minimum absolute atomic E-state index is 0.0899. The van der Waals surface area contributed by atoms with Gasteiger partial charge in [0.2, 0.25) is 11.1 Å². The summed E-state index contributed by atoms with van der Waals surface area (Å²) in [7, 11) is 0. The van der Waals surface area contributed by atoms with Crippen molar-refractivity contribution in [2.45, 2.75) is 25.4 Å². The van der Waals surface area contributed by atoms with Gasteiger partial charge in [-0.1, -0.05) is 36.0 Å². The number of aryl methyl sites for hydroxylation is 2. The molecule has 0 atom stereocenters. The standard InChI is InChI=1S/C20H20N6OS/c1-15-11-16(2)13-18(12-15)25(10-6-9-21)19(27)14-28-20-22-23-24-26(20)17-7-4-3-5-8-17/h3-5,7-8,11-13H,6,10,14H2,1-2H3. The van der Waals surface area contributed by atoms with Crippen LogP contribution in [0.5, 0.6) is 0 Å². The number of anilines is 1. The molecule has 0 unspecified atom stereocenters. The molecule has 2 aromatic carbocycles. The molecule has 3 aromatic rings. The number of carbonyl (C=O) groups excluding carboxylic acids is 1. The second kappa shape index (κ2) is 9.15. The van der Waals surface area contributed by atoms with Crippen LogP contribution in [0, 0.1) is 25.2 Å². The highest BCUT2D eigenvalue weighted by molar-refractivity contribution is 7.99. The SMILES string of the molecule is Cc1cc(C)cc(N(CCC#N)C(=O)CSc2nnnn2-c2ccccc2)c1. The molecule has 3 rings (SSSR count). The van der Waals surface area contributed by atoms with Crippen LogP contribution in [-0.4, -0.2) is 38.4 Å². The Hall–Kier alpha value is -3.18. The van der Waals surface area contributed by atoms with Gasteiger partial charge in [0.15, 0.2) is 0 Å². The predicted octanol–water partition coefficient (Wildman–Crippen LogP) is 3.32. The molecular weight excluding hydrogens is 372 g/mol. The van der Waals surface area contributed by atoms with Crippen molar-refractivity contribution >= 4 is 23.4 Å². The van der Waals surface area contributed by atoms with Crippen molar-refractivity contribution in [1.29, 1.82) is 5.26 Å². The van der Waals surface area contributed by atoms with Gasteiger partial charge in [-0.3, -0.25) is 4.79 Å². The van der Waals surface area contributed by atoms with Crippen molar-refractivity contribution in [3.05, 3.63) is 59.7 Å². The van der Waals surface area contributed by atoms with Gasteiger partial charge in [-0.15, -0.1) is 5.10 Å². The van der Waals surface area contributed by atoms with E-state index in [1.165, 1.54) is 11.8 Å². The monoisotopic (exact) mass is 392 g/mol. The highest BCUT2D eigenvalue weighted by Gasteiger charge is 2.18. The van der Waals surface area contributed by atoms with E-state index in [1.807, 2.05) is 56.3 Å². The summed E-state index contributed by atoms with van der Waals surface area (Å²) in [6, 6.07) is 17.6. The van der Waals surface area contributed by atoms with Gasteiger partial charge >= 0.3 is 0 Å². The lowest BCUT2D eigenvalue weighted by Gasteiger charge is -2.22. The minimum atomic E-state index is -0.0899. The molecule has 0 spiro atoms. The molecule has 0 radical (unpaired) electrons. The molecule has 0 fully saturated rings. The topological polar surface area (TPSA) is 87.7 Å². The summed E-state index contributed by atoms with van der Waals surface area (Å²) >= 11 is 1.27. The predicted molar refractivity (Wildman–Crippen MR) is 108 cm³/mol. The maximum Gasteiger partial charge on any atom is 0.237 e. The molecule has 1 aromatic heterocycles. The summed E-state index contributed by atoms with van der Waals surface area (Å²) in [6.45, 7) is 4.33. The Morgan fingerprint density at radius 2 is 1.89 bits per heavy atom. The first-order valence-corrected chi connectivity index (χ1v) is 9.79. The number of tetrazole rings is 1. The Morgan fingerprint density at radius 3 is 2.57 bits per heavy atom. The van der Waals surface area contributed by atoms with E-state index < -0.39 is 0 Å². The quantitative estimate of drug-likeness (QED) is 0.573. The summed E-state index contributed by atoms with van der Waals surface area (Å²) in [5.41, 5.74) is 3.79. The molecule has 142 valence electrons. The lowest BCUT2D eigenvalue weighted by Crippen LogP contribution is -2.33. The average Bonchev–Trinajstić information content (AvgIpc) is 3.15. The number of rotatable bonds is 7. The number of para-hydroxylation sites is 1. The summed E-state index contributed by atoms with van der Waals surface area (Å²) < 4.78 is 1.61. The third-order valence-corrected chi connectivity index (χ3v) is 4.94. The fourth-order valence-corrected chi connectivity index (χ4v) is 3.64. The number of aromatic nitrogens is 4. The highest BCUT2D eigenvalue weighted by atomic mass is 32.2. The molecule has 1 heterocycles. The van der Waals surface area contributed by atoms with Crippen LogP contribution in [0.15, 0.2) is 53.7 Å². The van der Waals surface area contributed by atoms with Crippen LogP contribution in [0.2, 0.25) is 0 Å². The van der Waals surface area contributed by atoms with Crippen molar-refractivity contribution in [1.82, 2.24) is 20.2 Å². The highest BCUT2D eigenvalue weighted by Crippen LogP contribution is 2.23. The van der Waals surface area contributed by atoms with E-state index in [0.29, 0.717) is 11.7 Å². The maximum atomic E-state index is 12.9. The van der Waals surface area contributed by atoms with Gasteiger partial charge in [-0.25, -0.2) is 0 Å². The number of benzene rings is 2. The van der Waals surface area contributed by atoms with Crippen LogP contribution < -0.4 is 4.90 Å².